The monoisotopic (exact) mass is 380 g/mol. The molecule has 0 spiro atoms. The maximum atomic E-state index is 12.5. The van der Waals surface area contributed by atoms with E-state index < -0.39 is 0 Å². The van der Waals surface area contributed by atoms with Gasteiger partial charge >= 0.3 is 0 Å². The molecule has 3 aromatic rings. The lowest BCUT2D eigenvalue weighted by molar-refractivity contribution is 0.102. The third-order valence-electron chi connectivity index (χ3n) is 3.77. The zero-order valence-corrected chi connectivity index (χ0v) is 15.9. The normalized spacial score (nSPS) is 10.6. The van der Waals surface area contributed by atoms with Gasteiger partial charge in [0.15, 0.2) is 16.8 Å². The Kier molecular flexibility index (Phi) is 6.38. The second-order valence-electron chi connectivity index (χ2n) is 5.62. The Bertz CT molecular complexity index is 907. The van der Waals surface area contributed by atoms with Gasteiger partial charge in [-0.05, 0) is 43.3 Å². The summed E-state index contributed by atoms with van der Waals surface area (Å²) in [6.07, 6.45) is 5.23. The fraction of sp³-hybridized carbons (Fsp3) is 0.200. The Morgan fingerprint density at radius 3 is 2.74 bits per heavy atom. The molecule has 0 aliphatic rings. The van der Waals surface area contributed by atoms with Gasteiger partial charge in [-0.15, -0.1) is 16.8 Å². The number of benzene rings is 1. The number of hydrogen-bond acceptors (Lipinski definition) is 6. The van der Waals surface area contributed by atoms with Crippen molar-refractivity contribution < 1.29 is 9.53 Å². The van der Waals surface area contributed by atoms with Crippen LogP contribution >= 0.6 is 11.8 Å². The Hall–Kier alpha value is -2.93. The van der Waals surface area contributed by atoms with E-state index in [1.807, 2.05) is 35.8 Å². The number of carbonyl (C=O) groups excluding carboxylic acids is 1. The molecule has 0 unspecified atom stereocenters. The summed E-state index contributed by atoms with van der Waals surface area (Å²) in [5.74, 6) is 1.77. The zero-order chi connectivity index (χ0) is 19.1. The number of pyridine rings is 1. The first-order valence-electron chi connectivity index (χ1n) is 8.56. The van der Waals surface area contributed by atoms with Crippen LogP contribution in [0.4, 0.5) is 0 Å². The molecule has 138 valence electrons. The molecule has 0 amide bonds. The van der Waals surface area contributed by atoms with Crippen LogP contribution in [0, 0.1) is 0 Å². The van der Waals surface area contributed by atoms with Crippen LogP contribution in [0.2, 0.25) is 0 Å². The van der Waals surface area contributed by atoms with Crippen LogP contribution in [-0.2, 0) is 6.54 Å². The Morgan fingerprint density at radius 2 is 2.07 bits per heavy atom. The van der Waals surface area contributed by atoms with Crippen molar-refractivity contribution >= 4 is 17.5 Å². The van der Waals surface area contributed by atoms with Crippen molar-refractivity contribution in [2.75, 3.05) is 12.4 Å². The number of allylic oxidation sites excluding steroid dienone is 1. The summed E-state index contributed by atoms with van der Waals surface area (Å²) in [6, 6.07) is 11.0. The quantitative estimate of drug-likeness (QED) is 0.319. The number of carbonyl (C=O) groups is 1. The van der Waals surface area contributed by atoms with Crippen molar-refractivity contribution in [1.29, 1.82) is 0 Å². The number of rotatable bonds is 9. The average Bonchev–Trinajstić information content (AvgIpc) is 3.10. The molecule has 2 heterocycles. The zero-order valence-electron chi connectivity index (χ0n) is 15.0. The van der Waals surface area contributed by atoms with Gasteiger partial charge in [-0.1, -0.05) is 17.8 Å². The number of thioether (sulfide) groups is 1. The Balaban J connectivity index is 1.73. The third-order valence-corrected chi connectivity index (χ3v) is 4.73. The van der Waals surface area contributed by atoms with E-state index in [-0.39, 0.29) is 11.5 Å². The first kappa shape index (κ1) is 18.8. The molecule has 6 nitrogen and oxygen atoms in total. The minimum Gasteiger partial charge on any atom is -0.494 e. The average molecular weight is 380 g/mol. The smallest absolute Gasteiger partial charge is 0.192 e. The molecule has 0 saturated carbocycles. The number of Topliss-reactive ketones (excluding diaryl/α,β-unsaturated/α-hetero) is 1. The lowest BCUT2D eigenvalue weighted by Crippen LogP contribution is -2.05. The summed E-state index contributed by atoms with van der Waals surface area (Å²) < 4.78 is 7.34. The number of ether oxygens (including phenoxy) is 1. The van der Waals surface area contributed by atoms with E-state index in [2.05, 4.69) is 21.8 Å². The van der Waals surface area contributed by atoms with E-state index >= 15 is 0 Å². The largest absolute Gasteiger partial charge is 0.494 e. The van der Waals surface area contributed by atoms with E-state index in [0.717, 1.165) is 11.3 Å². The van der Waals surface area contributed by atoms with Crippen molar-refractivity contribution in [3.8, 4) is 17.1 Å². The van der Waals surface area contributed by atoms with Crippen LogP contribution in [-0.4, -0.2) is 37.9 Å². The van der Waals surface area contributed by atoms with Gasteiger partial charge in [0.1, 0.15) is 5.75 Å². The van der Waals surface area contributed by atoms with Gasteiger partial charge < -0.3 is 4.74 Å². The Labute approximate surface area is 162 Å². The molecular formula is C20H20N4O2S. The molecule has 3 rings (SSSR count). The highest BCUT2D eigenvalue weighted by molar-refractivity contribution is 7.99. The fourth-order valence-corrected chi connectivity index (χ4v) is 3.36. The van der Waals surface area contributed by atoms with Gasteiger partial charge in [-0.2, -0.15) is 0 Å². The van der Waals surface area contributed by atoms with E-state index in [9.17, 15) is 4.79 Å². The standard InChI is InChI=1S/C20H20N4O2S/c1-3-12-24-19(16-6-5-11-21-13-16)22-23-20(24)27-14-18(25)15-7-9-17(10-8-15)26-4-2/h3,5-11,13H,1,4,12,14H2,2H3. The molecule has 1 aromatic carbocycles. The molecular weight excluding hydrogens is 360 g/mol. The lowest BCUT2D eigenvalue weighted by atomic mass is 10.1. The molecule has 0 N–H and O–H groups in total. The molecule has 0 aliphatic heterocycles. The molecule has 0 radical (unpaired) electrons. The molecule has 0 fully saturated rings. The third kappa shape index (κ3) is 4.62. The predicted octanol–water partition coefficient (Wildman–Crippen LogP) is 3.90. The molecule has 0 bridgehead atoms. The van der Waals surface area contributed by atoms with Gasteiger partial charge in [0.2, 0.25) is 0 Å². The molecule has 0 atom stereocenters. The maximum absolute atomic E-state index is 12.5. The summed E-state index contributed by atoms with van der Waals surface area (Å²) in [4.78, 5) is 16.6. The van der Waals surface area contributed by atoms with Crippen molar-refractivity contribution in [1.82, 2.24) is 19.7 Å². The van der Waals surface area contributed by atoms with E-state index in [0.29, 0.717) is 29.7 Å². The first-order chi connectivity index (χ1) is 13.2. The number of ketones is 1. The Morgan fingerprint density at radius 1 is 1.26 bits per heavy atom. The van der Waals surface area contributed by atoms with Crippen LogP contribution in [0.1, 0.15) is 17.3 Å². The highest BCUT2D eigenvalue weighted by atomic mass is 32.2. The minimum absolute atomic E-state index is 0.0270. The van der Waals surface area contributed by atoms with Crippen molar-refractivity contribution in [3.05, 3.63) is 67.0 Å². The number of hydrogen-bond donors (Lipinski definition) is 0. The van der Waals surface area contributed by atoms with Crippen LogP contribution in [0.5, 0.6) is 5.75 Å². The van der Waals surface area contributed by atoms with Crippen LogP contribution in [0.3, 0.4) is 0 Å². The number of aromatic nitrogens is 4. The van der Waals surface area contributed by atoms with Crippen molar-refractivity contribution in [3.63, 3.8) is 0 Å². The summed E-state index contributed by atoms with van der Waals surface area (Å²) >= 11 is 1.36. The minimum atomic E-state index is 0.0270. The van der Waals surface area contributed by atoms with Crippen molar-refractivity contribution in [2.45, 2.75) is 18.6 Å². The van der Waals surface area contributed by atoms with Crippen LogP contribution < -0.4 is 4.74 Å². The molecule has 7 heteroatoms. The molecule has 2 aromatic heterocycles. The van der Waals surface area contributed by atoms with E-state index in [4.69, 9.17) is 4.74 Å². The highest BCUT2D eigenvalue weighted by Gasteiger charge is 2.15. The summed E-state index contributed by atoms with van der Waals surface area (Å²) in [5.41, 5.74) is 1.52. The fourth-order valence-electron chi connectivity index (χ4n) is 2.51. The molecule has 0 saturated heterocycles. The second kappa shape index (κ2) is 9.14. The van der Waals surface area contributed by atoms with E-state index in [1.54, 1.807) is 30.6 Å². The van der Waals surface area contributed by atoms with Gasteiger partial charge in [0, 0.05) is 30.1 Å². The highest BCUT2D eigenvalue weighted by Crippen LogP contribution is 2.24. The summed E-state index contributed by atoms with van der Waals surface area (Å²) in [6.45, 7) is 6.87. The van der Waals surface area contributed by atoms with Crippen LogP contribution in [0.15, 0.2) is 66.6 Å². The topological polar surface area (TPSA) is 69.9 Å². The second-order valence-corrected chi connectivity index (χ2v) is 6.56. The predicted molar refractivity (Wildman–Crippen MR) is 106 cm³/mol. The summed E-state index contributed by atoms with van der Waals surface area (Å²) in [7, 11) is 0. The van der Waals surface area contributed by atoms with Gasteiger partial charge in [0.05, 0.1) is 12.4 Å². The van der Waals surface area contributed by atoms with Gasteiger partial charge in [0.25, 0.3) is 0 Å². The van der Waals surface area contributed by atoms with Crippen molar-refractivity contribution in [2.24, 2.45) is 0 Å². The maximum Gasteiger partial charge on any atom is 0.192 e. The van der Waals surface area contributed by atoms with Gasteiger partial charge in [-0.3, -0.25) is 14.3 Å². The summed E-state index contributed by atoms with van der Waals surface area (Å²) in [5, 5.41) is 9.18. The molecule has 0 aliphatic carbocycles. The van der Waals surface area contributed by atoms with Crippen LogP contribution in [0.25, 0.3) is 11.4 Å². The first-order valence-corrected chi connectivity index (χ1v) is 9.54. The lowest BCUT2D eigenvalue weighted by Gasteiger charge is -2.07. The SMILES string of the molecule is C=CCn1c(SCC(=O)c2ccc(OCC)cc2)nnc1-c1cccnc1. The van der Waals surface area contributed by atoms with E-state index in [1.165, 1.54) is 11.8 Å². The van der Waals surface area contributed by atoms with Gasteiger partial charge in [-0.25, -0.2) is 0 Å². The number of nitrogens with zero attached hydrogens (tertiary/aromatic N) is 4. The molecule has 27 heavy (non-hydrogen) atoms.